The van der Waals surface area contributed by atoms with Gasteiger partial charge in [0.1, 0.15) is 67.1 Å². The smallest absolute Gasteiger partial charge is 0.335 e. The van der Waals surface area contributed by atoms with E-state index in [9.17, 15) is 70.9 Å². The Kier molecular flexibility index (Phi) is 14.0. The van der Waals surface area contributed by atoms with Crippen LogP contribution in [0.5, 0.6) is 0 Å². The van der Waals surface area contributed by atoms with E-state index in [0.717, 1.165) is 32.1 Å². The minimum absolute atomic E-state index is 0.0105. The number of hydrogen-bond donors (Lipinski definition) is 12. The van der Waals surface area contributed by atoms with Gasteiger partial charge in [0.15, 0.2) is 25.0 Å². The largest absolute Gasteiger partial charge is 0.481 e. The summed E-state index contributed by atoms with van der Waals surface area (Å²) in [7, 11) is 0. The maximum absolute atomic E-state index is 13.1. The van der Waals surface area contributed by atoms with Gasteiger partial charge in [-0.15, -0.1) is 0 Å². The van der Waals surface area contributed by atoms with Gasteiger partial charge in [-0.05, 0) is 103 Å². The van der Waals surface area contributed by atoms with E-state index in [-0.39, 0.29) is 40.4 Å². The zero-order chi connectivity index (χ0) is 50.0. The predicted octanol–water partition coefficient (Wildman–Crippen LogP) is -0.231. The molecule has 0 spiro atoms. The number of carbonyl (C=O) groups is 2. The Morgan fingerprint density at radius 1 is 0.632 bits per heavy atom. The monoisotopic (exact) mass is 972 g/mol. The highest BCUT2D eigenvalue weighted by atomic mass is 16.8. The van der Waals surface area contributed by atoms with Crippen LogP contribution in [0.1, 0.15) is 106 Å². The number of carboxylic acid groups (broad SMARTS) is 2. The molecule has 24 unspecified atom stereocenters. The molecule has 388 valence electrons. The van der Waals surface area contributed by atoms with Gasteiger partial charge in [-0.3, -0.25) is 4.79 Å². The molecular formula is C48H76O20. The zero-order valence-corrected chi connectivity index (χ0v) is 40.0. The second kappa shape index (κ2) is 18.2. The number of aliphatic carboxylic acids is 2. The van der Waals surface area contributed by atoms with Crippen LogP contribution in [0.25, 0.3) is 0 Å². The van der Waals surface area contributed by atoms with Crippen molar-refractivity contribution >= 4 is 11.9 Å². The van der Waals surface area contributed by atoms with E-state index in [2.05, 4.69) is 40.7 Å². The molecule has 5 aliphatic carbocycles. The molecule has 20 heteroatoms. The van der Waals surface area contributed by atoms with Crippen LogP contribution in [0.4, 0.5) is 0 Å². The number of carboxylic acids is 2. The Morgan fingerprint density at radius 2 is 1.19 bits per heavy atom. The van der Waals surface area contributed by atoms with E-state index in [4.69, 9.17) is 28.4 Å². The number of aliphatic hydroxyl groups excluding tert-OH is 10. The fraction of sp³-hybridized carbons (Fsp3) is 0.917. The minimum Gasteiger partial charge on any atom is -0.481 e. The lowest BCUT2D eigenvalue weighted by atomic mass is 9.33. The van der Waals surface area contributed by atoms with Crippen LogP contribution in [-0.2, 0) is 38.0 Å². The molecule has 3 aliphatic heterocycles. The van der Waals surface area contributed by atoms with Gasteiger partial charge in [0.25, 0.3) is 0 Å². The molecule has 24 atom stereocenters. The van der Waals surface area contributed by atoms with Crippen molar-refractivity contribution in [2.24, 2.45) is 50.2 Å². The summed E-state index contributed by atoms with van der Waals surface area (Å²) in [5.41, 5.74) is -1.27. The molecule has 0 aromatic heterocycles. The zero-order valence-electron chi connectivity index (χ0n) is 40.0. The Hall–Kier alpha value is -1.96. The summed E-state index contributed by atoms with van der Waals surface area (Å²) >= 11 is 0. The first kappa shape index (κ1) is 52.4. The lowest BCUT2D eigenvalue weighted by Crippen LogP contribution is -2.69. The van der Waals surface area contributed by atoms with Crippen molar-refractivity contribution in [1.29, 1.82) is 0 Å². The molecule has 7 fully saturated rings. The fourth-order valence-corrected chi connectivity index (χ4v) is 15.3. The Labute approximate surface area is 396 Å². The van der Waals surface area contributed by atoms with Crippen molar-refractivity contribution in [3.05, 3.63) is 11.6 Å². The summed E-state index contributed by atoms with van der Waals surface area (Å²) in [5.74, 6) is -2.39. The van der Waals surface area contributed by atoms with Crippen molar-refractivity contribution < 1.29 is 99.3 Å². The average molecular weight is 973 g/mol. The van der Waals surface area contributed by atoms with Gasteiger partial charge in [0.2, 0.25) is 0 Å². The van der Waals surface area contributed by atoms with E-state index in [0.29, 0.717) is 19.3 Å². The number of allylic oxidation sites excluding steroid dienone is 2. The predicted molar refractivity (Wildman–Crippen MR) is 233 cm³/mol. The molecule has 3 heterocycles. The highest BCUT2D eigenvalue weighted by Crippen LogP contribution is 2.76. The topological polar surface area (TPSA) is 332 Å². The summed E-state index contributed by atoms with van der Waals surface area (Å²) in [5, 5.41) is 130. The lowest BCUT2D eigenvalue weighted by Gasteiger charge is -2.71. The molecule has 0 bridgehead atoms. The first-order valence-corrected chi connectivity index (χ1v) is 24.4. The summed E-state index contributed by atoms with van der Waals surface area (Å²) in [6.45, 7) is 13.6. The molecule has 8 aliphatic rings. The Balaban J connectivity index is 1.03. The first-order valence-electron chi connectivity index (χ1n) is 24.4. The molecule has 68 heavy (non-hydrogen) atoms. The standard InChI is InChI=1S/C48H76O20/c1-43(2)12-14-48(42(61)62)15-13-46(6)20(21(48)16-43)8-9-26-45(5)17-22(51)37(44(3,4)25(45)10-11-47(26,46)7)68-41-33(58)35(31(56)36(67-41)38(59)60)66-40-32(57)34(28(53)24(19-50)64-40)65-39-30(55)29(54)27(52)23(18-49)63-39/h8,21-37,39-41,49-58H,9-19H2,1-7H3,(H,59,60)(H,61,62). The first-order chi connectivity index (χ1) is 31.6. The van der Waals surface area contributed by atoms with Crippen LogP contribution in [0.15, 0.2) is 11.6 Å². The van der Waals surface area contributed by atoms with E-state index < -0.39 is 146 Å². The van der Waals surface area contributed by atoms with E-state index in [1.807, 2.05) is 13.8 Å². The highest BCUT2D eigenvalue weighted by molar-refractivity contribution is 5.76. The third-order valence-electron chi connectivity index (χ3n) is 19.3. The van der Waals surface area contributed by atoms with Gasteiger partial charge in [-0.2, -0.15) is 0 Å². The van der Waals surface area contributed by atoms with E-state index >= 15 is 0 Å². The van der Waals surface area contributed by atoms with Crippen molar-refractivity contribution in [3.63, 3.8) is 0 Å². The second-order valence-electron chi connectivity index (χ2n) is 23.7. The van der Waals surface area contributed by atoms with Crippen molar-refractivity contribution in [2.45, 2.75) is 211 Å². The number of ether oxygens (including phenoxy) is 6. The van der Waals surface area contributed by atoms with Crippen LogP contribution in [0.3, 0.4) is 0 Å². The normalized spacial score (nSPS) is 53.2. The molecular weight excluding hydrogens is 897 g/mol. The highest BCUT2D eigenvalue weighted by Gasteiger charge is 2.71. The van der Waals surface area contributed by atoms with Crippen LogP contribution >= 0.6 is 0 Å². The Bertz CT molecular complexity index is 1910. The van der Waals surface area contributed by atoms with E-state index in [1.165, 1.54) is 5.57 Å². The minimum atomic E-state index is -2.13. The van der Waals surface area contributed by atoms with Gasteiger partial charge >= 0.3 is 11.9 Å². The molecule has 4 saturated carbocycles. The fourth-order valence-electron chi connectivity index (χ4n) is 15.3. The molecule has 3 saturated heterocycles. The molecule has 0 aromatic rings. The molecule has 0 amide bonds. The van der Waals surface area contributed by atoms with Gasteiger partial charge in [-0.1, -0.05) is 60.1 Å². The van der Waals surface area contributed by atoms with Crippen LogP contribution in [-0.4, -0.2) is 191 Å². The number of rotatable bonds is 10. The summed E-state index contributed by atoms with van der Waals surface area (Å²) in [4.78, 5) is 25.7. The second-order valence-corrected chi connectivity index (χ2v) is 23.7. The van der Waals surface area contributed by atoms with Crippen LogP contribution in [0.2, 0.25) is 0 Å². The number of fused-ring (bicyclic) bond motifs is 7. The molecule has 0 aromatic carbocycles. The van der Waals surface area contributed by atoms with Gasteiger partial charge in [0, 0.05) is 0 Å². The van der Waals surface area contributed by atoms with Crippen LogP contribution in [0, 0.1) is 50.2 Å². The summed E-state index contributed by atoms with van der Waals surface area (Å²) in [6.07, 6.45) is -21.8. The van der Waals surface area contributed by atoms with Gasteiger partial charge in [-0.25, -0.2) is 4.79 Å². The van der Waals surface area contributed by atoms with Gasteiger partial charge in [0.05, 0.1) is 30.8 Å². The number of hydrogen-bond acceptors (Lipinski definition) is 18. The number of aliphatic hydroxyl groups is 10. The lowest BCUT2D eigenvalue weighted by molar-refractivity contribution is -0.384. The molecule has 12 N–H and O–H groups in total. The average Bonchev–Trinajstić information content (AvgIpc) is 3.26. The van der Waals surface area contributed by atoms with Crippen molar-refractivity contribution in [1.82, 2.24) is 0 Å². The molecule has 8 rings (SSSR count). The maximum Gasteiger partial charge on any atom is 0.335 e. The molecule has 0 radical (unpaired) electrons. The third kappa shape index (κ3) is 8.03. The third-order valence-corrected chi connectivity index (χ3v) is 19.3. The van der Waals surface area contributed by atoms with Crippen molar-refractivity contribution in [2.75, 3.05) is 13.2 Å². The van der Waals surface area contributed by atoms with Crippen molar-refractivity contribution in [3.8, 4) is 0 Å². The maximum atomic E-state index is 13.1. The van der Waals surface area contributed by atoms with E-state index in [1.54, 1.807) is 0 Å². The molecule has 20 nitrogen and oxygen atoms in total. The van der Waals surface area contributed by atoms with Gasteiger partial charge < -0.3 is 89.7 Å². The summed E-state index contributed by atoms with van der Waals surface area (Å²) < 4.78 is 34.8. The quantitative estimate of drug-likeness (QED) is 0.0994. The Morgan fingerprint density at radius 3 is 1.78 bits per heavy atom. The SMILES string of the molecule is CC1(C)CCC2(C(=O)O)CCC3(C)C(=CCC4C5(C)CC(O)C(OC6OC(C(=O)O)C(O)C(OC7OC(CO)C(O)C(OC8OC(CO)C(O)C(O)C8O)C7O)C6O)C(C)(C)C5CCC43C)C2C1. The summed E-state index contributed by atoms with van der Waals surface area (Å²) in [6, 6.07) is 0. The van der Waals surface area contributed by atoms with Crippen LogP contribution < -0.4 is 0 Å².